The van der Waals surface area contributed by atoms with Crippen molar-refractivity contribution < 1.29 is 32.8 Å². The second kappa shape index (κ2) is 33.0. The number of nitrogens with zero attached hydrogens (tertiary/aromatic N) is 6. The van der Waals surface area contributed by atoms with Gasteiger partial charge >= 0.3 is 0 Å². The topological polar surface area (TPSA) is 99.7 Å². The second-order valence-electron chi connectivity index (χ2n) is 18.2. The fourth-order valence-corrected chi connectivity index (χ4v) is 13.8. The summed E-state index contributed by atoms with van der Waals surface area (Å²) in [5.74, 6) is 1.08. The van der Waals surface area contributed by atoms with E-state index in [1.54, 1.807) is 0 Å². The van der Waals surface area contributed by atoms with Crippen molar-refractivity contribution in [3.8, 4) is 0 Å². The van der Waals surface area contributed by atoms with E-state index in [9.17, 15) is 9.59 Å². The minimum atomic E-state index is -1.10. The fraction of sp³-hybridized carbons (Fsp3) is 0.955. The average molecular weight is 943 g/mol. The molecule has 0 aromatic carbocycles. The third-order valence-corrected chi connectivity index (χ3v) is 18.3. The summed E-state index contributed by atoms with van der Waals surface area (Å²) in [5.41, 5.74) is 0. The third kappa shape index (κ3) is 23.2. The van der Waals surface area contributed by atoms with E-state index in [2.05, 4.69) is 146 Å². The summed E-state index contributed by atoms with van der Waals surface area (Å²) in [6.45, 7) is 41.1. The SMILES string of the molecule is CCN(CCCC(C)N(C(C)C)P(OCOCCSC(=O)C1CCN(C)CC1)N(C(C)C)C(C)C)CCC(=O)SCOCOCOP(N(C(C)C)C(C)C)N(C(C)C)C(C)C. The van der Waals surface area contributed by atoms with Gasteiger partial charge in [-0.15, -0.1) is 0 Å². The van der Waals surface area contributed by atoms with Crippen LogP contribution < -0.4 is 0 Å². The summed E-state index contributed by atoms with van der Waals surface area (Å²) >= 11 is 2.62. The summed E-state index contributed by atoms with van der Waals surface area (Å²) in [6.07, 6.45) is 4.42. The molecule has 0 spiro atoms. The van der Waals surface area contributed by atoms with Gasteiger partial charge < -0.3 is 33.1 Å². The Morgan fingerprint density at radius 2 is 1.11 bits per heavy atom. The summed E-state index contributed by atoms with van der Waals surface area (Å²) in [6, 6.07) is 2.49. The van der Waals surface area contributed by atoms with Crippen LogP contribution >= 0.6 is 40.4 Å². The molecule has 1 aliphatic heterocycles. The van der Waals surface area contributed by atoms with Crippen molar-refractivity contribution in [2.75, 3.05) is 78.4 Å². The quantitative estimate of drug-likeness (QED) is 0.0347. The number of ether oxygens (including phenoxy) is 3. The van der Waals surface area contributed by atoms with Gasteiger partial charge in [-0.3, -0.25) is 9.59 Å². The van der Waals surface area contributed by atoms with Crippen molar-refractivity contribution in [2.24, 2.45) is 5.92 Å². The second-order valence-corrected chi connectivity index (χ2v) is 23.6. The van der Waals surface area contributed by atoms with E-state index in [0.717, 1.165) is 58.4 Å². The molecule has 0 saturated carbocycles. The molecule has 0 bridgehead atoms. The largest absolute Gasteiger partial charge is 0.354 e. The van der Waals surface area contributed by atoms with Crippen molar-refractivity contribution in [3.63, 3.8) is 0 Å². The summed E-state index contributed by atoms with van der Waals surface area (Å²) in [4.78, 5) is 30.2. The Morgan fingerprint density at radius 1 is 0.639 bits per heavy atom. The average Bonchev–Trinajstić information content (AvgIpc) is 3.16. The predicted molar refractivity (Wildman–Crippen MR) is 263 cm³/mol. The Bertz CT molecular complexity index is 1110. The van der Waals surface area contributed by atoms with Crippen LogP contribution in [0.5, 0.6) is 0 Å². The van der Waals surface area contributed by atoms with E-state index in [-0.39, 0.29) is 49.4 Å². The normalized spacial score (nSPS) is 16.1. The molecule has 1 saturated heterocycles. The zero-order valence-corrected chi connectivity index (χ0v) is 45.2. The maximum atomic E-state index is 12.8. The van der Waals surface area contributed by atoms with E-state index in [4.69, 9.17) is 23.3 Å². The van der Waals surface area contributed by atoms with Crippen molar-refractivity contribution in [3.05, 3.63) is 0 Å². The van der Waals surface area contributed by atoms with E-state index in [1.165, 1.54) is 23.5 Å². The van der Waals surface area contributed by atoms with Gasteiger partial charge in [0.05, 0.1) is 6.61 Å². The molecular weight excluding hydrogens is 851 g/mol. The first-order valence-electron chi connectivity index (χ1n) is 23.2. The zero-order valence-electron chi connectivity index (χ0n) is 41.8. The van der Waals surface area contributed by atoms with Gasteiger partial charge in [0.2, 0.25) is 0 Å². The van der Waals surface area contributed by atoms with Crippen LogP contribution in [0.3, 0.4) is 0 Å². The van der Waals surface area contributed by atoms with E-state index in [1.807, 2.05) is 0 Å². The number of hydrogen-bond donors (Lipinski definition) is 0. The number of rotatable bonds is 34. The number of hydrogen-bond acceptors (Lipinski definition) is 15. The number of carbonyl (C=O) groups excluding carboxylic acids is 2. The molecule has 0 N–H and O–H groups in total. The number of piperidine rings is 1. The van der Waals surface area contributed by atoms with Gasteiger partial charge in [0.25, 0.3) is 0 Å². The molecule has 1 heterocycles. The molecule has 13 nitrogen and oxygen atoms in total. The minimum absolute atomic E-state index is 0.0787. The van der Waals surface area contributed by atoms with Crippen LogP contribution in [0, 0.1) is 5.92 Å². The van der Waals surface area contributed by atoms with Gasteiger partial charge in [0, 0.05) is 73.0 Å². The first kappa shape index (κ1) is 59.5. The maximum absolute atomic E-state index is 12.8. The van der Waals surface area contributed by atoms with Crippen molar-refractivity contribution in [1.82, 2.24) is 28.5 Å². The molecule has 0 amide bonds. The monoisotopic (exact) mass is 943 g/mol. The third-order valence-electron chi connectivity index (χ3n) is 10.6. The van der Waals surface area contributed by atoms with Crippen LogP contribution in [0.4, 0.5) is 0 Å². The molecule has 61 heavy (non-hydrogen) atoms. The van der Waals surface area contributed by atoms with Crippen LogP contribution in [-0.4, -0.2) is 165 Å². The minimum Gasteiger partial charge on any atom is -0.354 e. The van der Waals surface area contributed by atoms with Gasteiger partial charge in [0.1, 0.15) is 5.94 Å². The zero-order chi connectivity index (χ0) is 46.2. The molecule has 0 aromatic rings. The molecule has 2 atom stereocenters. The molecular formula is C44H92N6O7P2S2. The molecule has 17 heteroatoms. The number of carbonyl (C=O) groups is 2. The Kier molecular flexibility index (Phi) is 32.2. The van der Waals surface area contributed by atoms with Gasteiger partial charge in [-0.25, -0.2) is 18.7 Å². The van der Waals surface area contributed by atoms with Gasteiger partial charge in [-0.05, 0) is 163 Å². The van der Waals surface area contributed by atoms with E-state index >= 15 is 0 Å². The Labute approximate surface area is 386 Å². The lowest BCUT2D eigenvalue weighted by atomic mass is 9.99. The highest BCUT2D eigenvalue weighted by Gasteiger charge is 2.37. The summed E-state index contributed by atoms with van der Waals surface area (Å²) in [5, 5.41) is 0.428. The molecule has 1 aliphatic rings. The molecule has 2 unspecified atom stereocenters. The molecule has 0 aromatic heterocycles. The number of likely N-dealkylation sites (tertiary alicyclic amines) is 1. The Morgan fingerprint density at radius 3 is 1.59 bits per heavy atom. The van der Waals surface area contributed by atoms with Crippen molar-refractivity contribution in [2.45, 2.75) is 191 Å². The smallest absolute Gasteiger partial charge is 0.192 e. The van der Waals surface area contributed by atoms with Crippen LogP contribution in [0.1, 0.15) is 143 Å². The van der Waals surface area contributed by atoms with Crippen LogP contribution in [0.2, 0.25) is 0 Å². The Balaban J connectivity index is 2.59. The van der Waals surface area contributed by atoms with Crippen molar-refractivity contribution >= 4 is 50.7 Å². The Hall–Kier alpha value is 0.460. The molecule has 0 aliphatic carbocycles. The predicted octanol–water partition coefficient (Wildman–Crippen LogP) is 10.2. The fourth-order valence-electron chi connectivity index (χ4n) is 7.87. The molecule has 1 fully saturated rings. The van der Waals surface area contributed by atoms with Crippen LogP contribution in [0.25, 0.3) is 0 Å². The van der Waals surface area contributed by atoms with E-state index < -0.39 is 16.9 Å². The lowest BCUT2D eigenvalue weighted by Gasteiger charge is -2.46. The highest BCUT2D eigenvalue weighted by atomic mass is 32.2. The highest BCUT2D eigenvalue weighted by Crippen LogP contribution is 2.52. The molecule has 1 rings (SSSR count). The van der Waals surface area contributed by atoms with Crippen molar-refractivity contribution in [1.29, 1.82) is 0 Å². The highest BCUT2D eigenvalue weighted by molar-refractivity contribution is 8.13. The van der Waals surface area contributed by atoms with Gasteiger partial charge in [0.15, 0.2) is 47.5 Å². The number of thioether (sulfide) groups is 2. The van der Waals surface area contributed by atoms with Gasteiger partial charge in [-0.1, -0.05) is 30.4 Å². The molecule has 0 radical (unpaired) electrons. The lowest BCUT2D eigenvalue weighted by molar-refractivity contribution is -0.115. The van der Waals surface area contributed by atoms with Gasteiger partial charge in [-0.2, -0.15) is 0 Å². The molecule has 362 valence electrons. The first-order chi connectivity index (χ1) is 28.7. The summed E-state index contributed by atoms with van der Waals surface area (Å²) in [7, 11) is -0.00999. The lowest BCUT2D eigenvalue weighted by Crippen LogP contribution is -2.44. The maximum Gasteiger partial charge on any atom is 0.192 e. The van der Waals surface area contributed by atoms with E-state index in [0.29, 0.717) is 60.1 Å². The van der Waals surface area contributed by atoms with Crippen LogP contribution in [0.15, 0.2) is 0 Å². The standard InChI is InChI=1S/C44H92N6O7P2S2/c1-18-46(27-23-43(51)61-33-55-30-54-32-57-58(47(34(2)3)35(4)5)48(36(6)7)37(8)9)24-19-20-41(16)50(40(14)15)59(49(38(10)11)39(12)13)56-31-53-28-29-60-44(52)42-21-25-45(17)26-22-42/h34-42H,18-33H2,1-17H3. The van der Waals surface area contributed by atoms with Crippen LogP contribution in [-0.2, 0) is 32.8 Å². The summed E-state index contributed by atoms with van der Waals surface area (Å²) < 4.78 is 40.3. The first-order valence-corrected chi connectivity index (χ1v) is 27.5.